The van der Waals surface area contributed by atoms with Crippen LogP contribution >= 0.6 is 0 Å². The van der Waals surface area contributed by atoms with Crippen LogP contribution in [-0.4, -0.2) is 50.5 Å². The molecule has 7 nitrogen and oxygen atoms in total. The van der Waals surface area contributed by atoms with Crippen LogP contribution in [0.25, 0.3) is 0 Å². The van der Waals surface area contributed by atoms with E-state index in [0.717, 1.165) is 33.3 Å². The normalized spacial score (nSPS) is 12.0. The number of aryl methyl sites for hydroxylation is 1. The summed E-state index contributed by atoms with van der Waals surface area (Å²) < 4.78 is 40.7. The van der Waals surface area contributed by atoms with Crippen molar-refractivity contribution in [1.29, 1.82) is 0 Å². The van der Waals surface area contributed by atoms with Crippen molar-refractivity contribution in [2.45, 2.75) is 39.3 Å². The fourth-order valence-corrected chi connectivity index (χ4v) is 4.91. The third kappa shape index (κ3) is 7.89. The van der Waals surface area contributed by atoms with E-state index in [-0.39, 0.29) is 24.6 Å². The molecular weight excluding hydrogens is 505 g/mol. The van der Waals surface area contributed by atoms with Gasteiger partial charge >= 0.3 is 0 Å². The van der Waals surface area contributed by atoms with E-state index < -0.39 is 34.3 Å². The minimum absolute atomic E-state index is 0.0744. The zero-order chi connectivity index (χ0) is 27.7. The predicted molar refractivity (Wildman–Crippen MR) is 148 cm³/mol. The molecule has 3 rings (SSSR count). The van der Waals surface area contributed by atoms with Crippen molar-refractivity contribution >= 4 is 27.5 Å². The molecule has 0 aliphatic carbocycles. The molecule has 0 radical (unpaired) electrons. The van der Waals surface area contributed by atoms with Crippen LogP contribution in [0.2, 0.25) is 0 Å². The molecule has 0 bridgehead atoms. The number of benzene rings is 3. The fraction of sp³-hybridized carbons (Fsp3) is 0.310. The standard InChI is InChI=1S/C29H34FN3O4S/c1-4-18-31-29(35)27(19-23-10-6-5-7-11-23)32(20-24-16-14-22(2)15-17-24)28(34)21-33(38(3,36)37)26-13-9-8-12-25(26)30/h5-17,27H,4,18-21H2,1-3H3,(H,31,35)/t27-/m1/s1. The number of carbonyl (C=O) groups is 2. The Balaban J connectivity index is 2.04. The van der Waals surface area contributed by atoms with Crippen molar-refractivity contribution in [3.05, 3.63) is 101 Å². The molecule has 0 unspecified atom stereocenters. The Kier molecular flexibility index (Phi) is 10.0. The number of sulfonamides is 1. The molecule has 38 heavy (non-hydrogen) atoms. The summed E-state index contributed by atoms with van der Waals surface area (Å²) in [6.45, 7) is 3.73. The summed E-state index contributed by atoms with van der Waals surface area (Å²) in [6.07, 6.45) is 1.86. The van der Waals surface area contributed by atoms with Gasteiger partial charge in [-0.3, -0.25) is 13.9 Å². The van der Waals surface area contributed by atoms with Gasteiger partial charge in [-0.2, -0.15) is 0 Å². The molecule has 0 spiro atoms. The minimum atomic E-state index is -4.02. The van der Waals surface area contributed by atoms with Gasteiger partial charge in [0.25, 0.3) is 0 Å². The Morgan fingerprint density at radius 1 is 0.921 bits per heavy atom. The number of nitrogens with one attached hydrogen (secondary N) is 1. The van der Waals surface area contributed by atoms with Crippen LogP contribution in [0.4, 0.5) is 10.1 Å². The average Bonchev–Trinajstić information content (AvgIpc) is 2.89. The number of hydrogen-bond donors (Lipinski definition) is 1. The van der Waals surface area contributed by atoms with Crippen molar-refractivity contribution in [3.63, 3.8) is 0 Å². The highest BCUT2D eigenvalue weighted by molar-refractivity contribution is 7.92. The molecule has 0 fully saturated rings. The summed E-state index contributed by atoms with van der Waals surface area (Å²) in [4.78, 5) is 28.7. The molecule has 0 aliphatic rings. The smallest absolute Gasteiger partial charge is 0.244 e. The van der Waals surface area contributed by atoms with E-state index in [0.29, 0.717) is 13.0 Å². The first-order valence-electron chi connectivity index (χ1n) is 12.5. The second-order valence-corrected chi connectivity index (χ2v) is 11.1. The van der Waals surface area contributed by atoms with Crippen LogP contribution in [-0.2, 0) is 32.6 Å². The summed E-state index contributed by atoms with van der Waals surface area (Å²) >= 11 is 0. The monoisotopic (exact) mass is 539 g/mol. The van der Waals surface area contributed by atoms with E-state index in [9.17, 15) is 22.4 Å². The highest BCUT2D eigenvalue weighted by Crippen LogP contribution is 2.23. The van der Waals surface area contributed by atoms with Gasteiger partial charge in [0.15, 0.2) is 0 Å². The fourth-order valence-electron chi connectivity index (χ4n) is 4.06. The maximum atomic E-state index is 14.6. The SMILES string of the molecule is CCCNC(=O)[C@@H](Cc1ccccc1)N(Cc1ccc(C)cc1)C(=O)CN(c1ccccc1F)S(C)(=O)=O. The molecule has 0 aliphatic heterocycles. The summed E-state index contributed by atoms with van der Waals surface area (Å²) in [5.41, 5.74) is 2.44. The van der Waals surface area contributed by atoms with Crippen molar-refractivity contribution in [2.75, 3.05) is 23.7 Å². The first-order valence-corrected chi connectivity index (χ1v) is 14.3. The Morgan fingerprint density at radius 3 is 2.16 bits per heavy atom. The van der Waals surface area contributed by atoms with E-state index in [1.165, 1.54) is 23.1 Å². The van der Waals surface area contributed by atoms with Gasteiger partial charge in [0.1, 0.15) is 18.4 Å². The highest BCUT2D eigenvalue weighted by atomic mass is 32.2. The molecular formula is C29H34FN3O4S. The van der Waals surface area contributed by atoms with Gasteiger partial charge in [-0.1, -0.05) is 79.2 Å². The van der Waals surface area contributed by atoms with Crippen molar-refractivity contribution in [3.8, 4) is 0 Å². The molecule has 9 heteroatoms. The Morgan fingerprint density at radius 2 is 1.55 bits per heavy atom. The summed E-state index contributed by atoms with van der Waals surface area (Å²) in [6, 6.07) is 21.3. The lowest BCUT2D eigenvalue weighted by atomic mass is 10.0. The summed E-state index contributed by atoms with van der Waals surface area (Å²) in [5, 5.41) is 2.88. The number of rotatable bonds is 12. The second kappa shape index (κ2) is 13.2. The number of halogens is 1. The second-order valence-electron chi connectivity index (χ2n) is 9.22. The first kappa shape index (κ1) is 28.8. The molecule has 0 saturated carbocycles. The molecule has 202 valence electrons. The van der Waals surface area contributed by atoms with Crippen molar-refractivity contribution in [2.24, 2.45) is 0 Å². The molecule has 2 amide bonds. The molecule has 1 atom stereocenters. The number of para-hydroxylation sites is 1. The van der Waals surface area contributed by atoms with E-state index in [1.807, 2.05) is 68.4 Å². The number of amides is 2. The van der Waals surface area contributed by atoms with Crippen molar-refractivity contribution in [1.82, 2.24) is 10.2 Å². The summed E-state index contributed by atoms with van der Waals surface area (Å²) in [5.74, 6) is -1.72. The molecule has 0 heterocycles. The lowest BCUT2D eigenvalue weighted by molar-refractivity contribution is -0.140. The van der Waals surface area contributed by atoms with Crippen LogP contribution in [0, 0.1) is 12.7 Å². The molecule has 3 aromatic carbocycles. The first-order chi connectivity index (χ1) is 18.1. The molecule has 1 N–H and O–H groups in total. The number of nitrogens with zero attached hydrogens (tertiary/aromatic N) is 2. The van der Waals surface area contributed by atoms with E-state index in [1.54, 1.807) is 0 Å². The van der Waals surface area contributed by atoms with Gasteiger partial charge in [-0.05, 0) is 36.6 Å². The molecule has 3 aromatic rings. The third-order valence-electron chi connectivity index (χ3n) is 6.09. The Hall–Kier alpha value is -3.72. The van der Waals surface area contributed by atoms with Gasteiger partial charge in [-0.15, -0.1) is 0 Å². The Labute approximate surface area is 224 Å². The van der Waals surface area contributed by atoms with Crippen LogP contribution < -0.4 is 9.62 Å². The molecule has 0 saturated heterocycles. The number of hydrogen-bond acceptors (Lipinski definition) is 4. The van der Waals surface area contributed by atoms with Gasteiger partial charge in [0.05, 0.1) is 11.9 Å². The van der Waals surface area contributed by atoms with Gasteiger partial charge in [0, 0.05) is 19.5 Å². The van der Waals surface area contributed by atoms with Crippen molar-refractivity contribution < 1.29 is 22.4 Å². The van der Waals surface area contributed by atoms with E-state index in [4.69, 9.17) is 0 Å². The highest BCUT2D eigenvalue weighted by Gasteiger charge is 2.33. The van der Waals surface area contributed by atoms with Crippen LogP contribution in [0.3, 0.4) is 0 Å². The zero-order valence-corrected chi connectivity index (χ0v) is 22.7. The topological polar surface area (TPSA) is 86.8 Å². The van der Waals surface area contributed by atoms with Gasteiger partial charge in [0.2, 0.25) is 21.8 Å². The number of carbonyl (C=O) groups excluding carboxylic acids is 2. The quantitative estimate of drug-likeness (QED) is 0.376. The molecule has 0 aromatic heterocycles. The zero-order valence-electron chi connectivity index (χ0n) is 21.9. The van der Waals surface area contributed by atoms with Crippen LogP contribution in [0.5, 0.6) is 0 Å². The lowest BCUT2D eigenvalue weighted by Gasteiger charge is -2.33. The average molecular weight is 540 g/mol. The van der Waals surface area contributed by atoms with Gasteiger partial charge < -0.3 is 10.2 Å². The van der Waals surface area contributed by atoms with E-state index >= 15 is 0 Å². The maximum Gasteiger partial charge on any atom is 0.244 e. The largest absolute Gasteiger partial charge is 0.354 e. The van der Waals surface area contributed by atoms with Crippen LogP contribution in [0.1, 0.15) is 30.0 Å². The van der Waals surface area contributed by atoms with E-state index in [2.05, 4.69) is 5.32 Å². The maximum absolute atomic E-state index is 14.6. The lowest BCUT2D eigenvalue weighted by Crippen LogP contribution is -2.53. The van der Waals surface area contributed by atoms with Gasteiger partial charge in [-0.25, -0.2) is 12.8 Å². The summed E-state index contributed by atoms with van der Waals surface area (Å²) in [7, 11) is -4.02. The van der Waals surface area contributed by atoms with Crippen LogP contribution in [0.15, 0.2) is 78.9 Å². The Bertz CT molecular complexity index is 1330. The predicted octanol–water partition coefficient (Wildman–Crippen LogP) is 4.07. The minimum Gasteiger partial charge on any atom is -0.354 e. The third-order valence-corrected chi connectivity index (χ3v) is 7.22. The number of anilines is 1.